The molecule has 3 rings (SSSR count). The number of hydrogen-bond acceptors (Lipinski definition) is 2. The Labute approximate surface area is 114 Å². The summed E-state index contributed by atoms with van der Waals surface area (Å²) in [7, 11) is 0. The first-order valence-corrected chi connectivity index (χ1v) is 6.93. The van der Waals surface area contributed by atoms with Gasteiger partial charge in [-0.25, -0.2) is 0 Å². The molecule has 0 aromatic heterocycles. The Balaban J connectivity index is 1.48. The van der Waals surface area contributed by atoms with Crippen LogP contribution in [-0.4, -0.2) is 6.54 Å². The molecule has 1 aliphatic rings. The molecule has 0 saturated heterocycles. The molecule has 1 aliphatic carbocycles. The smallest absolute Gasteiger partial charge is 0.0314 e. The molecule has 0 amide bonds. The van der Waals surface area contributed by atoms with E-state index in [9.17, 15) is 0 Å². The molecular formula is C17H20N2. The maximum atomic E-state index is 5.68. The van der Waals surface area contributed by atoms with Crippen LogP contribution in [0.1, 0.15) is 16.7 Å². The van der Waals surface area contributed by atoms with Crippen molar-refractivity contribution in [2.75, 3.05) is 12.3 Å². The van der Waals surface area contributed by atoms with E-state index in [2.05, 4.69) is 41.7 Å². The molecule has 0 spiro atoms. The summed E-state index contributed by atoms with van der Waals surface area (Å²) in [4.78, 5) is 0. The number of nitrogens with two attached hydrogens (primary N) is 1. The van der Waals surface area contributed by atoms with Crippen molar-refractivity contribution in [3.63, 3.8) is 0 Å². The van der Waals surface area contributed by atoms with Crippen LogP contribution in [-0.2, 0) is 19.4 Å². The van der Waals surface area contributed by atoms with Crippen LogP contribution in [0, 0.1) is 5.92 Å². The molecule has 0 fully saturated rings. The molecule has 2 nitrogen and oxygen atoms in total. The lowest BCUT2D eigenvalue weighted by atomic mass is 10.1. The summed E-state index contributed by atoms with van der Waals surface area (Å²) in [6, 6.07) is 16.9. The summed E-state index contributed by atoms with van der Waals surface area (Å²) in [5.41, 5.74) is 10.9. The van der Waals surface area contributed by atoms with E-state index >= 15 is 0 Å². The van der Waals surface area contributed by atoms with Crippen LogP contribution in [0.5, 0.6) is 0 Å². The number of rotatable bonds is 4. The van der Waals surface area contributed by atoms with Gasteiger partial charge in [-0.3, -0.25) is 0 Å². The average Bonchev–Trinajstić information content (AvgIpc) is 2.83. The summed E-state index contributed by atoms with van der Waals surface area (Å²) < 4.78 is 0. The molecule has 3 N–H and O–H groups in total. The fourth-order valence-electron chi connectivity index (χ4n) is 2.85. The van der Waals surface area contributed by atoms with Gasteiger partial charge in [-0.2, -0.15) is 0 Å². The van der Waals surface area contributed by atoms with Gasteiger partial charge in [0, 0.05) is 12.2 Å². The first-order valence-electron chi connectivity index (χ1n) is 6.93. The average molecular weight is 252 g/mol. The quantitative estimate of drug-likeness (QED) is 0.821. The van der Waals surface area contributed by atoms with E-state index < -0.39 is 0 Å². The second-order valence-electron chi connectivity index (χ2n) is 5.42. The van der Waals surface area contributed by atoms with E-state index in [1.165, 1.54) is 29.5 Å². The zero-order valence-electron chi connectivity index (χ0n) is 11.1. The van der Waals surface area contributed by atoms with Crippen LogP contribution in [0.3, 0.4) is 0 Å². The van der Waals surface area contributed by atoms with Crippen molar-refractivity contribution >= 4 is 5.69 Å². The van der Waals surface area contributed by atoms with Crippen molar-refractivity contribution < 1.29 is 0 Å². The first-order chi connectivity index (χ1) is 9.31. The fraction of sp³-hybridized carbons (Fsp3) is 0.294. The number of fused-ring (bicyclic) bond motifs is 1. The van der Waals surface area contributed by atoms with E-state index in [1.807, 2.05) is 12.1 Å². The van der Waals surface area contributed by atoms with Crippen LogP contribution in [0.15, 0.2) is 48.5 Å². The minimum Gasteiger partial charge on any atom is -0.399 e. The van der Waals surface area contributed by atoms with Crippen molar-refractivity contribution in [1.82, 2.24) is 5.32 Å². The van der Waals surface area contributed by atoms with Crippen molar-refractivity contribution in [2.45, 2.75) is 19.4 Å². The third-order valence-corrected chi connectivity index (χ3v) is 3.88. The Bertz CT molecular complexity index is 520. The van der Waals surface area contributed by atoms with Crippen molar-refractivity contribution in [3.8, 4) is 0 Å². The van der Waals surface area contributed by atoms with Crippen LogP contribution in [0.4, 0.5) is 5.69 Å². The minimum atomic E-state index is 0.742. The Morgan fingerprint density at radius 2 is 1.58 bits per heavy atom. The fourth-order valence-corrected chi connectivity index (χ4v) is 2.85. The van der Waals surface area contributed by atoms with Gasteiger partial charge in [0.15, 0.2) is 0 Å². The maximum Gasteiger partial charge on any atom is 0.0314 e. The lowest BCUT2D eigenvalue weighted by molar-refractivity contribution is 0.498. The summed E-state index contributed by atoms with van der Waals surface area (Å²) in [5.74, 6) is 0.742. The minimum absolute atomic E-state index is 0.742. The van der Waals surface area contributed by atoms with E-state index in [4.69, 9.17) is 5.73 Å². The van der Waals surface area contributed by atoms with E-state index in [0.29, 0.717) is 0 Å². The molecule has 2 heteroatoms. The number of hydrogen-bond donors (Lipinski definition) is 2. The summed E-state index contributed by atoms with van der Waals surface area (Å²) >= 11 is 0. The van der Waals surface area contributed by atoms with Gasteiger partial charge in [0.25, 0.3) is 0 Å². The monoisotopic (exact) mass is 252 g/mol. The normalized spacial score (nSPS) is 14.5. The predicted octanol–water partition coefficient (Wildman–Crippen LogP) is 2.77. The number of nitrogen functional groups attached to an aromatic ring is 1. The first kappa shape index (κ1) is 12.2. The van der Waals surface area contributed by atoms with E-state index in [1.54, 1.807) is 0 Å². The molecule has 98 valence electrons. The summed E-state index contributed by atoms with van der Waals surface area (Å²) in [5, 5.41) is 3.56. The molecule has 0 bridgehead atoms. The third-order valence-electron chi connectivity index (χ3n) is 3.88. The molecular weight excluding hydrogens is 232 g/mol. The van der Waals surface area contributed by atoms with Crippen molar-refractivity contribution in [1.29, 1.82) is 0 Å². The largest absolute Gasteiger partial charge is 0.399 e. The number of anilines is 1. The van der Waals surface area contributed by atoms with Gasteiger partial charge < -0.3 is 11.1 Å². The molecule has 0 atom stereocenters. The highest BCUT2D eigenvalue weighted by Crippen LogP contribution is 2.25. The second kappa shape index (κ2) is 5.45. The Morgan fingerprint density at radius 1 is 0.947 bits per heavy atom. The van der Waals surface area contributed by atoms with Gasteiger partial charge in [-0.05, 0) is 54.1 Å². The third kappa shape index (κ3) is 2.96. The second-order valence-corrected chi connectivity index (χ2v) is 5.42. The standard InChI is InChI=1S/C17H20N2/c18-17-7-5-13(6-8-17)11-19-12-14-9-15-3-1-2-4-16(15)10-14/h1-8,14,19H,9-12,18H2. The van der Waals surface area contributed by atoms with Gasteiger partial charge in [0.2, 0.25) is 0 Å². The zero-order valence-corrected chi connectivity index (χ0v) is 11.1. The highest BCUT2D eigenvalue weighted by atomic mass is 14.9. The molecule has 0 unspecified atom stereocenters. The highest BCUT2D eigenvalue weighted by Gasteiger charge is 2.20. The SMILES string of the molecule is Nc1ccc(CNCC2Cc3ccccc3C2)cc1. The molecule has 0 saturated carbocycles. The van der Waals surface area contributed by atoms with Crippen LogP contribution >= 0.6 is 0 Å². The Kier molecular flexibility index (Phi) is 3.51. The summed E-state index contributed by atoms with van der Waals surface area (Å²) in [6.45, 7) is 2.01. The van der Waals surface area contributed by atoms with Gasteiger partial charge in [-0.15, -0.1) is 0 Å². The number of nitrogens with one attached hydrogen (secondary N) is 1. The molecule has 0 radical (unpaired) electrons. The highest BCUT2D eigenvalue weighted by molar-refractivity contribution is 5.39. The van der Waals surface area contributed by atoms with Gasteiger partial charge in [-0.1, -0.05) is 36.4 Å². The van der Waals surface area contributed by atoms with Crippen LogP contribution in [0.2, 0.25) is 0 Å². The lowest BCUT2D eigenvalue weighted by Gasteiger charge is -2.10. The lowest BCUT2D eigenvalue weighted by Crippen LogP contribution is -2.22. The molecule has 0 aliphatic heterocycles. The van der Waals surface area contributed by atoms with Crippen LogP contribution < -0.4 is 11.1 Å². The van der Waals surface area contributed by atoms with Crippen molar-refractivity contribution in [3.05, 3.63) is 65.2 Å². The molecule has 19 heavy (non-hydrogen) atoms. The number of benzene rings is 2. The topological polar surface area (TPSA) is 38.0 Å². The van der Waals surface area contributed by atoms with Crippen molar-refractivity contribution in [2.24, 2.45) is 5.92 Å². The Morgan fingerprint density at radius 3 is 2.21 bits per heavy atom. The zero-order chi connectivity index (χ0) is 13.1. The van der Waals surface area contributed by atoms with Gasteiger partial charge in [0.1, 0.15) is 0 Å². The van der Waals surface area contributed by atoms with Crippen LogP contribution in [0.25, 0.3) is 0 Å². The molecule has 2 aromatic rings. The summed E-state index contributed by atoms with van der Waals surface area (Å²) in [6.07, 6.45) is 2.43. The maximum absolute atomic E-state index is 5.68. The molecule has 2 aromatic carbocycles. The van der Waals surface area contributed by atoms with E-state index in [-0.39, 0.29) is 0 Å². The van der Waals surface area contributed by atoms with Gasteiger partial charge >= 0.3 is 0 Å². The van der Waals surface area contributed by atoms with E-state index in [0.717, 1.165) is 24.7 Å². The molecule has 0 heterocycles. The Hall–Kier alpha value is -1.80. The predicted molar refractivity (Wildman–Crippen MR) is 79.9 cm³/mol. The van der Waals surface area contributed by atoms with Gasteiger partial charge in [0.05, 0.1) is 0 Å².